The first-order valence-corrected chi connectivity index (χ1v) is 5.77. The molecule has 0 radical (unpaired) electrons. The van der Waals surface area contributed by atoms with Crippen molar-refractivity contribution in [2.24, 2.45) is 0 Å². The van der Waals surface area contributed by atoms with Gasteiger partial charge in [0, 0.05) is 11.1 Å². The van der Waals surface area contributed by atoms with Crippen molar-refractivity contribution < 1.29 is 24.2 Å². The van der Waals surface area contributed by atoms with Crippen LogP contribution in [0.2, 0.25) is 0 Å². The van der Waals surface area contributed by atoms with Crippen LogP contribution in [0.25, 0.3) is 0 Å². The summed E-state index contributed by atoms with van der Waals surface area (Å²) in [6.45, 7) is 1.53. The number of aromatic hydroxyl groups is 1. The molecule has 0 saturated heterocycles. The highest BCUT2D eigenvalue weighted by Crippen LogP contribution is 2.39. The highest BCUT2D eigenvalue weighted by atomic mass is 16.6. The molecule has 3 rings (SSSR count). The van der Waals surface area contributed by atoms with Crippen molar-refractivity contribution in [3.8, 4) is 5.75 Å². The van der Waals surface area contributed by atoms with E-state index in [4.69, 9.17) is 4.74 Å². The van der Waals surface area contributed by atoms with Crippen LogP contribution in [0.5, 0.6) is 5.75 Å². The summed E-state index contributed by atoms with van der Waals surface area (Å²) in [5.74, 6) is -1.70. The fraction of sp³-hybridized carbons (Fsp3) is 0.214. The van der Waals surface area contributed by atoms with E-state index in [9.17, 15) is 19.5 Å². The van der Waals surface area contributed by atoms with Gasteiger partial charge in [0.15, 0.2) is 5.78 Å². The minimum absolute atomic E-state index is 0.00660. The summed E-state index contributed by atoms with van der Waals surface area (Å²) in [7, 11) is 0. The van der Waals surface area contributed by atoms with E-state index in [1.54, 1.807) is 0 Å². The van der Waals surface area contributed by atoms with Crippen molar-refractivity contribution >= 4 is 17.5 Å². The van der Waals surface area contributed by atoms with Gasteiger partial charge < -0.3 is 9.84 Å². The van der Waals surface area contributed by atoms with Crippen molar-refractivity contribution in [1.29, 1.82) is 0 Å². The highest BCUT2D eigenvalue weighted by molar-refractivity contribution is 6.21. The SMILES string of the molecule is CC1=CC2(CC(=O)c3c(O)cccc3C2=O)OC1=O. The Kier molecular flexibility index (Phi) is 2.17. The molecule has 5 heteroatoms. The Morgan fingerprint density at radius 1 is 1.26 bits per heavy atom. The number of Topliss-reactive ketones (excluding diaryl/α,β-unsaturated/α-hetero) is 2. The lowest BCUT2D eigenvalue weighted by Crippen LogP contribution is -2.44. The van der Waals surface area contributed by atoms with Crippen LogP contribution < -0.4 is 0 Å². The maximum atomic E-state index is 12.4. The number of phenols is 1. The fourth-order valence-corrected chi connectivity index (χ4v) is 2.54. The van der Waals surface area contributed by atoms with Crippen molar-refractivity contribution in [3.63, 3.8) is 0 Å². The third-order valence-electron chi connectivity index (χ3n) is 3.42. The van der Waals surface area contributed by atoms with E-state index in [0.29, 0.717) is 5.57 Å². The minimum Gasteiger partial charge on any atom is -0.507 e. The van der Waals surface area contributed by atoms with Crippen molar-refractivity contribution in [1.82, 2.24) is 0 Å². The van der Waals surface area contributed by atoms with Crippen LogP contribution in [0.3, 0.4) is 0 Å². The molecule has 1 spiro atoms. The van der Waals surface area contributed by atoms with Crippen molar-refractivity contribution in [2.75, 3.05) is 0 Å². The van der Waals surface area contributed by atoms with Gasteiger partial charge in [0.1, 0.15) is 5.75 Å². The van der Waals surface area contributed by atoms with E-state index < -0.39 is 23.1 Å². The molecule has 5 nitrogen and oxygen atoms in total. The Morgan fingerprint density at radius 3 is 2.63 bits per heavy atom. The van der Waals surface area contributed by atoms with Gasteiger partial charge in [-0.1, -0.05) is 12.1 Å². The smallest absolute Gasteiger partial charge is 0.334 e. The summed E-state index contributed by atoms with van der Waals surface area (Å²) in [5, 5.41) is 9.68. The van der Waals surface area contributed by atoms with E-state index in [1.165, 1.54) is 31.2 Å². The van der Waals surface area contributed by atoms with Gasteiger partial charge in [-0.3, -0.25) is 9.59 Å². The van der Waals surface area contributed by atoms with Crippen molar-refractivity contribution in [2.45, 2.75) is 18.9 Å². The maximum absolute atomic E-state index is 12.4. The molecule has 1 aromatic rings. The number of phenolic OH excluding ortho intramolecular Hbond substituents is 1. The number of hydrogen-bond donors (Lipinski definition) is 1. The molecule has 1 aromatic carbocycles. The third kappa shape index (κ3) is 1.44. The van der Waals surface area contributed by atoms with Gasteiger partial charge in [-0.2, -0.15) is 0 Å². The number of ether oxygens (including phenoxy) is 1. The molecule has 1 aliphatic heterocycles. The van der Waals surface area contributed by atoms with Crippen molar-refractivity contribution in [3.05, 3.63) is 41.0 Å². The van der Waals surface area contributed by atoms with Gasteiger partial charge in [-0.15, -0.1) is 0 Å². The molecule has 0 fully saturated rings. The monoisotopic (exact) mass is 258 g/mol. The first-order chi connectivity index (χ1) is 8.94. The summed E-state index contributed by atoms with van der Waals surface area (Å²) in [5.41, 5.74) is -1.12. The lowest BCUT2D eigenvalue weighted by Gasteiger charge is -2.29. The predicted octanol–water partition coefficient (Wildman–Crippen LogP) is 1.40. The van der Waals surface area contributed by atoms with Gasteiger partial charge in [-0.25, -0.2) is 4.79 Å². The molecular formula is C14H10O5. The molecule has 1 atom stereocenters. The van der Waals surface area contributed by atoms with Crippen LogP contribution in [0, 0.1) is 0 Å². The van der Waals surface area contributed by atoms with Crippen LogP contribution in [-0.4, -0.2) is 28.2 Å². The molecule has 0 aromatic heterocycles. The van der Waals surface area contributed by atoms with Gasteiger partial charge in [0.2, 0.25) is 11.4 Å². The van der Waals surface area contributed by atoms with Gasteiger partial charge >= 0.3 is 5.97 Å². The normalized spacial score (nSPS) is 25.3. The number of benzene rings is 1. The molecule has 0 amide bonds. The predicted molar refractivity (Wildman–Crippen MR) is 64.0 cm³/mol. The van der Waals surface area contributed by atoms with E-state index in [0.717, 1.165) is 0 Å². The number of fused-ring (bicyclic) bond motifs is 1. The highest BCUT2D eigenvalue weighted by Gasteiger charge is 2.51. The minimum atomic E-state index is -1.53. The topological polar surface area (TPSA) is 80.7 Å². The Morgan fingerprint density at radius 2 is 2.00 bits per heavy atom. The van der Waals surface area contributed by atoms with Crippen LogP contribution in [0.4, 0.5) is 0 Å². The first-order valence-electron chi connectivity index (χ1n) is 5.77. The number of esters is 1. The Bertz CT molecular complexity index is 670. The zero-order valence-electron chi connectivity index (χ0n) is 10.1. The van der Waals surface area contributed by atoms with Gasteiger partial charge in [-0.05, 0) is 19.1 Å². The molecule has 1 aliphatic carbocycles. The van der Waals surface area contributed by atoms with Crippen LogP contribution >= 0.6 is 0 Å². The second-order valence-corrected chi connectivity index (χ2v) is 4.74. The molecule has 2 aliphatic rings. The Labute approximate surface area is 108 Å². The third-order valence-corrected chi connectivity index (χ3v) is 3.42. The van der Waals surface area contributed by atoms with E-state index >= 15 is 0 Å². The first kappa shape index (κ1) is 11.6. The molecule has 0 bridgehead atoms. The number of rotatable bonds is 0. The number of ketones is 2. The van der Waals surface area contributed by atoms with E-state index in [2.05, 4.69) is 0 Å². The number of carbonyl (C=O) groups is 3. The summed E-state index contributed by atoms with van der Waals surface area (Å²) in [6, 6.07) is 4.28. The Hall–Kier alpha value is -2.43. The summed E-state index contributed by atoms with van der Waals surface area (Å²) < 4.78 is 5.10. The lowest BCUT2D eigenvalue weighted by molar-refractivity contribution is -0.143. The van der Waals surface area contributed by atoms with E-state index in [1.807, 2.05) is 0 Å². The molecule has 1 N–H and O–H groups in total. The number of hydrogen-bond acceptors (Lipinski definition) is 5. The second kappa shape index (κ2) is 3.54. The summed E-state index contributed by atoms with van der Waals surface area (Å²) >= 11 is 0. The standard InChI is InChI=1S/C14H10O5/c1-7-5-14(19-13(7)18)6-10(16)11-8(12(14)17)3-2-4-9(11)15/h2-5,15H,6H2,1H3. The van der Waals surface area contributed by atoms with Crippen LogP contribution in [0.1, 0.15) is 34.1 Å². The summed E-state index contributed by atoms with van der Waals surface area (Å²) in [4.78, 5) is 36.0. The fourth-order valence-electron chi connectivity index (χ4n) is 2.54. The second-order valence-electron chi connectivity index (χ2n) is 4.74. The van der Waals surface area contributed by atoms with Gasteiger partial charge in [0.25, 0.3) is 0 Å². The largest absolute Gasteiger partial charge is 0.507 e. The quantitative estimate of drug-likeness (QED) is 0.711. The molecule has 1 heterocycles. The zero-order chi connectivity index (χ0) is 13.8. The molecular weight excluding hydrogens is 248 g/mol. The average Bonchev–Trinajstić information content (AvgIpc) is 2.62. The maximum Gasteiger partial charge on any atom is 0.334 e. The zero-order valence-corrected chi connectivity index (χ0v) is 10.1. The molecule has 19 heavy (non-hydrogen) atoms. The van der Waals surface area contributed by atoms with Crippen LogP contribution in [0.15, 0.2) is 29.8 Å². The molecule has 1 unspecified atom stereocenters. The number of carbonyl (C=O) groups excluding carboxylic acids is 3. The Balaban J connectivity index is 2.20. The molecule has 0 saturated carbocycles. The molecule has 96 valence electrons. The van der Waals surface area contributed by atoms with Gasteiger partial charge in [0.05, 0.1) is 12.0 Å². The average molecular weight is 258 g/mol. The summed E-state index contributed by atoms with van der Waals surface area (Å²) in [6.07, 6.45) is 1.13. The lowest BCUT2D eigenvalue weighted by atomic mass is 9.78. The van der Waals surface area contributed by atoms with Crippen LogP contribution in [-0.2, 0) is 9.53 Å². The van der Waals surface area contributed by atoms with E-state index in [-0.39, 0.29) is 23.3 Å².